The number of hydrogen-bond acceptors (Lipinski definition) is 4. The van der Waals surface area contributed by atoms with Crippen molar-refractivity contribution in [3.8, 4) is 0 Å². The van der Waals surface area contributed by atoms with E-state index in [9.17, 15) is 4.79 Å². The van der Waals surface area contributed by atoms with E-state index in [2.05, 4.69) is 36.5 Å². The van der Waals surface area contributed by atoms with Crippen molar-refractivity contribution in [1.82, 2.24) is 5.01 Å². The third kappa shape index (κ3) is 6.32. The molecule has 0 aromatic heterocycles. The summed E-state index contributed by atoms with van der Waals surface area (Å²) < 4.78 is 0. The van der Waals surface area contributed by atoms with E-state index in [-0.39, 0.29) is 17.9 Å². The van der Waals surface area contributed by atoms with E-state index in [1.54, 1.807) is 24.3 Å². The molecular weight excluding hydrogens is 473 g/mol. The Morgan fingerprint density at radius 1 is 1.00 bits per heavy atom. The van der Waals surface area contributed by atoms with E-state index < -0.39 is 0 Å². The third-order valence-corrected chi connectivity index (χ3v) is 7.10. The number of hydrazone groups is 1. The maximum absolute atomic E-state index is 12.7. The standard InChI is InChI=1S/C26H25Cl2N3OS/c1-26(15-16-33-23-5-3-2-4-6-23)18-31(30-25(26)19-7-9-20(27)10-8-19)17-24(32)29-22-13-11-21(28)12-14-22/h2-14H,15-18H2,1H3,(H,29,32). The highest BCUT2D eigenvalue weighted by atomic mass is 35.5. The largest absolute Gasteiger partial charge is 0.324 e. The Balaban J connectivity index is 1.47. The van der Waals surface area contributed by atoms with Gasteiger partial charge in [-0.25, -0.2) is 0 Å². The van der Waals surface area contributed by atoms with Gasteiger partial charge in [-0.2, -0.15) is 5.10 Å². The Labute approximate surface area is 209 Å². The van der Waals surface area contributed by atoms with Crippen LogP contribution in [0.15, 0.2) is 88.9 Å². The molecule has 1 N–H and O–H groups in total. The predicted octanol–water partition coefficient (Wildman–Crippen LogP) is 6.84. The van der Waals surface area contributed by atoms with Crippen LogP contribution in [-0.4, -0.2) is 35.5 Å². The summed E-state index contributed by atoms with van der Waals surface area (Å²) in [7, 11) is 0. The first-order valence-electron chi connectivity index (χ1n) is 10.7. The Hall–Kier alpha value is -2.47. The SMILES string of the molecule is CC1(CCSc2ccccc2)CN(CC(=O)Nc2ccc(Cl)cc2)N=C1c1ccc(Cl)cc1. The Morgan fingerprint density at radius 2 is 1.64 bits per heavy atom. The van der Waals surface area contributed by atoms with Crippen LogP contribution in [0.4, 0.5) is 5.69 Å². The average Bonchev–Trinajstić information content (AvgIpc) is 3.12. The van der Waals surface area contributed by atoms with Gasteiger partial charge in [0.05, 0.1) is 5.71 Å². The summed E-state index contributed by atoms with van der Waals surface area (Å²) in [5.41, 5.74) is 2.56. The molecule has 4 nitrogen and oxygen atoms in total. The van der Waals surface area contributed by atoms with Gasteiger partial charge in [-0.1, -0.05) is 60.5 Å². The molecular formula is C26H25Cl2N3OS. The fourth-order valence-corrected chi connectivity index (χ4v) is 5.28. The average molecular weight is 498 g/mol. The van der Waals surface area contributed by atoms with Crippen molar-refractivity contribution in [3.05, 3.63) is 94.5 Å². The minimum Gasteiger partial charge on any atom is -0.324 e. The Bertz CT molecular complexity index is 1120. The van der Waals surface area contributed by atoms with Crippen molar-refractivity contribution in [2.45, 2.75) is 18.2 Å². The molecule has 0 aliphatic carbocycles. The van der Waals surface area contributed by atoms with E-state index in [1.807, 2.05) is 47.1 Å². The van der Waals surface area contributed by atoms with E-state index in [0.29, 0.717) is 22.3 Å². The van der Waals surface area contributed by atoms with Crippen molar-refractivity contribution in [3.63, 3.8) is 0 Å². The number of amides is 1. The van der Waals surface area contributed by atoms with Crippen LogP contribution in [0.2, 0.25) is 10.0 Å². The van der Waals surface area contributed by atoms with Gasteiger partial charge in [0, 0.05) is 32.6 Å². The summed E-state index contributed by atoms with van der Waals surface area (Å²) in [4.78, 5) is 13.9. The van der Waals surface area contributed by atoms with Crippen molar-refractivity contribution in [1.29, 1.82) is 0 Å². The molecule has 3 aromatic rings. The molecule has 1 unspecified atom stereocenters. The van der Waals surface area contributed by atoms with Crippen LogP contribution in [0.25, 0.3) is 0 Å². The number of hydrogen-bond donors (Lipinski definition) is 1. The summed E-state index contributed by atoms with van der Waals surface area (Å²) in [6, 6.07) is 25.3. The van der Waals surface area contributed by atoms with Crippen molar-refractivity contribution >= 4 is 52.3 Å². The first-order chi connectivity index (χ1) is 15.9. The second kappa shape index (κ2) is 10.6. The third-order valence-electron chi connectivity index (χ3n) is 5.58. The molecule has 3 aromatic carbocycles. The number of anilines is 1. The number of carbonyl (C=O) groups is 1. The van der Waals surface area contributed by atoms with Crippen molar-refractivity contribution < 1.29 is 4.79 Å². The number of nitrogens with one attached hydrogen (secondary N) is 1. The van der Waals surface area contributed by atoms with Crippen LogP contribution < -0.4 is 5.32 Å². The maximum atomic E-state index is 12.7. The van der Waals surface area contributed by atoms with Gasteiger partial charge in [-0.3, -0.25) is 9.80 Å². The highest BCUT2D eigenvalue weighted by molar-refractivity contribution is 7.99. The lowest BCUT2D eigenvalue weighted by atomic mass is 9.80. The van der Waals surface area contributed by atoms with Gasteiger partial charge in [0.25, 0.3) is 0 Å². The molecule has 1 atom stereocenters. The quantitative estimate of drug-likeness (QED) is 0.346. The normalized spacial score (nSPS) is 17.7. The van der Waals surface area contributed by atoms with E-state index in [1.165, 1.54) is 4.90 Å². The minimum atomic E-state index is -0.184. The van der Waals surface area contributed by atoms with Crippen molar-refractivity contribution in [2.75, 3.05) is 24.2 Å². The van der Waals surface area contributed by atoms with Crippen LogP contribution in [0.1, 0.15) is 18.9 Å². The van der Waals surface area contributed by atoms with Gasteiger partial charge in [-0.05, 0) is 66.3 Å². The van der Waals surface area contributed by atoms with Gasteiger partial charge >= 0.3 is 0 Å². The van der Waals surface area contributed by atoms with Crippen LogP contribution in [0.3, 0.4) is 0 Å². The highest BCUT2D eigenvalue weighted by Gasteiger charge is 2.39. The molecule has 1 aliphatic rings. The molecule has 0 spiro atoms. The molecule has 0 bridgehead atoms. The fraction of sp³-hybridized carbons (Fsp3) is 0.231. The Morgan fingerprint density at radius 3 is 2.30 bits per heavy atom. The maximum Gasteiger partial charge on any atom is 0.245 e. The summed E-state index contributed by atoms with van der Waals surface area (Å²) in [6.07, 6.45) is 0.934. The lowest BCUT2D eigenvalue weighted by Crippen LogP contribution is -2.35. The number of halogens is 2. The second-order valence-corrected chi connectivity index (χ2v) is 10.3. The molecule has 0 fully saturated rings. The smallest absolute Gasteiger partial charge is 0.245 e. The second-order valence-electron chi connectivity index (χ2n) is 8.31. The zero-order valence-corrected chi connectivity index (χ0v) is 20.6. The molecule has 170 valence electrons. The number of thioether (sulfide) groups is 1. The molecule has 4 rings (SSSR count). The van der Waals surface area contributed by atoms with Gasteiger partial charge in [0.15, 0.2) is 0 Å². The zero-order valence-electron chi connectivity index (χ0n) is 18.3. The van der Waals surface area contributed by atoms with Gasteiger partial charge in [-0.15, -0.1) is 11.8 Å². The molecule has 1 amide bonds. The summed E-state index contributed by atoms with van der Waals surface area (Å²) in [5.74, 6) is 0.845. The lowest BCUT2D eigenvalue weighted by Gasteiger charge is -2.26. The van der Waals surface area contributed by atoms with Crippen LogP contribution in [0, 0.1) is 5.41 Å². The van der Waals surface area contributed by atoms with Gasteiger partial charge in [0.1, 0.15) is 6.54 Å². The highest BCUT2D eigenvalue weighted by Crippen LogP contribution is 2.36. The minimum absolute atomic E-state index is 0.112. The number of carbonyl (C=O) groups excluding carboxylic acids is 1. The first kappa shape index (κ1) is 23.7. The summed E-state index contributed by atoms with van der Waals surface area (Å²) in [6.45, 7) is 3.08. The summed E-state index contributed by atoms with van der Waals surface area (Å²) in [5, 5.41) is 11.0. The van der Waals surface area contributed by atoms with E-state index in [0.717, 1.165) is 23.4 Å². The topological polar surface area (TPSA) is 44.7 Å². The van der Waals surface area contributed by atoms with Crippen LogP contribution >= 0.6 is 35.0 Å². The molecule has 1 heterocycles. The summed E-state index contributed by atoms with van der Waals surface area (Å²) >= 11 is 13.9. The molecule has 0 saturated carbocycles. The molecule has 1 aliphatic heterocycles. The number of benzene rings is 3. The zero-order chi connectivity index (χ0) is 23.3. The predicted molar refractivity (Wildman–Crippen MR) is 140 cm³/mol. The fourth-order valence-electron chi connectivity index (χ4n) is 3.89. The van der Waals surface area contributed by atoms with Gasteiger partial charge < -0.3 is 5.32 Å². The molecule has 7 heteroatoms. The van der Waals surface area contributed by atoms with Crippen LogP contribution in [0.5, 0.6) is 0 Å². The van der Waals surface area contributed by atoms with Gasteiger partial charge in [0.2, 0.25) is 5.91 Å². The first-order valence-corrected chi connectivity index (χ1v) is 12.5. The van der Waals surface area contributed by atoms with Crippen molar-refractivity contribution in [2.24, 2.45) is 10.5 Å². The number of nitrogens with zero attached hydrogens (tertiary/aromatic N) is 2. The molecule has 33 heavy (non-hydrogen) atoms. The van der Waals surface area contributed by atoms with E-state index >= 15 is 0 Å². The lowest BCUT2D eigenvalue weighted by molar-refractivity contribution is -0.117. The van der Waals surface area contributed by atoms with Crippen LogP contribution in [-0.2, 0) is 4.79 Å². The van der Waals surface area contributed by atoms with E-state index in [4.69, 9.17) is 28.3 Å². The Kier molecular flexibility index (Phi) is 7.63. The monoisotopic (exact) mass is 497 g/mol. The molecule has 0 radical (unpaired) electrons. The number of rotatable bonds is 8. The molecule has 0 saturated heterocycles.